The van der Waals surface area contributed by atoms with E-state index in [2.05, 4.69) is 10.6 Å². The third-order valence-corrected chi connectivity index (χ3v) is 6.74. The second kappa shape index (κ2) is 42.1. The van der Waals surface area contributed by atoms with E-state index < -0.39 is 11.8 Å². The van der Waals surface area contributed by atoms with Gasteiger partial charge in [0.25, 0.3) is 0 Å². The molecule has 19 heteroatoms. The van der Waals surface area contributed by atoms with Crippen LogP contribution in [0.5, 0.6) is 0 Å². The number of aldehydes is 3. The van der Waals surface area contributed by atoms with Crippen LogP contribution in [0.2, 0.25) is 0 Å². The van der Waals surface area contributed by atoms with Crippen LogP contribution in [-0.2, 0) is 71.3 Å². The zero-order valence-corrected chi connectivity index (χ0v) is 32.0. The number of carbonyl (C=O) groups excluding carboxylic acids is 4. The van der Waals surface area contributed by atoms with Crippen LogP contribution < -0.4 is 16.4 Å². The lowest BCUT2D eigenvalue weighted by Crippen LogP contribution is -2.53. The minimum Gasteiger partial charge on any atom is -0.379 e. The summed E-state index contributed by atoms with van der Waals surface area (Å²) in [7, 11) is 0. The Bertz CT molecular complexity index is 850. The summed E-state index contributed by atoms with van der Waals surface area (Å²) in [6.07, 6.45) is 3.00. The molecule has 0 rings (SSSR count). The summed E-state index contributed by atoms with van der Waals surface area (Å²) < 4.78 is 59.8. The SMILES string of the molecule is NC(COCCC=O)(COCCC(=O)NCCOCCOCCOCCOCCC=O)COCCC(O)NCCOCCOCCOCCOCCC=O. The van der Waals surface area contributed by atoms with Crippen LogP contribution in [0.3, 0.4) is 0 Å². The summed E-state index contributed by atoms with van der Waals surface area (Å²) in [5.41, 5.74) is 5.45. The summed E-state index contributed by atoms with van der Waals surface area (Å²) in [4.78, 5) is 43.2. The molecule has 2 atom stereocenters. The van der Waals surface area contributed by atoms with Gasteiger partial charge in [0.1, 0.15) is 25.1 Å². The molecule has 0 radical (unpaired) electrons. The van der Waals surface area contributed by atoms with Crippen molar-refractivity contribution in [2.24, 2.45) is 5.73 Å². The first-order valence-corrected chi connectivity index (χ1v) is 18.6. The van der Waals surface area contributed by atoms with E-state index in [1.54, 1.807) is 0 Å². The van der Waals surface area contributed by atoms with E-state index in [0.717, 1.165) is 18.9 Å². The third-order valence-electron chi connectivity index (χ3n) is 6.74. The molecule has 0 aromatic carbocycles. The molecule has 0 aliphatic carbocycles. The van der Waals surface area contributed by atoms with E-state index in [0.29, 0.717) is 138 Å². The summed E-state index contributed by atoms with van der Waals surface area (Å²) in [5, 5.41) is 15.9. The Hall–Kier alpha value is -2.08. The normalized spacial score (nSPS) is 13.1. The molecule has 19 nitrogen and oxygen atoms in total. The quantitative estimate of drug-likeness (QED) is 0.0310. The summed E-state index contributed by atoms with van der Waals surface area (Å²) in [5.74, 6) is -0.198. The van der Waals surface area contributed by atoms with E-state index in [4.69, 9.17) is 57.8 Å². The van der Waals surface area contributed by atoms with Gasteiger partial charge >= 0.3 is 0 Å². The number of ether oxygens (including phenoxy) is 11. The monoisotopic (exact) mass is 785 g/mol. The number of carbonyl (C=O) groups is 4. The van der Waals surface area contributed by atoms with Crippen molar-refractivity contribution < 1.29 is 76.4 Å². The van der Waals surface area contributed by atoms with Gasteiger partial charge in [0.05, 0.1) is 151 Å². The van der Waals surface area contributed by atoms with Gasteiger partial charge in [0.15, 0.2) is 0 Å². The number of rotatable bonds is 46. The molecular weight excluding hydrogens is 718 g/mol. The van der Waals surface area contributed by atoms with Gasteiger partial charge in [-0.2, -0.15) is 0 Å². The lowest BCUT2D eigenvalue weighted by molar-refractivity contribution is -0.122. The molecule has 0 bridgehead atoms. The van der Waals surface area contributed by atoms with Crippen LogP contribution in [0.1, 0.15) is 32.1 Å². The van der Waals surface area contributed by atoms with Gasteiger partial charge in [0, 0.05) is 45.2 Å². The number of hydrogen-bond donors (Lipinski definition) is 4. The Kier molecular flexibility index (Phi) is 40.4. The van der Waals surface area contributed by atoms with Gasteiger partial charge in [-0.15, -0.1) is 0 Å². The molecule has 1 amide bonds. The van der Waals surface area contributed by atoms with E-state index in [-0.39, 0.29) is 58.4 Å². The molecule has 318 valence electrons. The van der Waals surface area contributed by atoms with E-state index in [1.807, 2.05) is 0 Å². The first-order valence-electron chi connectivity index (χ1n) is 18.6. The predicted octanol–water partition coefficient (Wildman–Crippen LogP) is -1.56. The second-order valence-electron chi connectivity index (χ2n) is 11.6. The maximum atomic E-state index is 12.2. The van der Waals surface area contributed by atoms with Gasteiger partial charge in [0.2, 0.25) is 5.91 Å². The van der Waals surface area contributed by atoms with Crippen LogP contribution in [0.25, 0.3) is 0 Å². The average Bonchev–Trinajstić information content (AvgIpc) is 3.17. The van der Waals surface area contributed by atoms with Crippen LogP contribution >= 0.6 is 0 Å². The first-order chi connectivity index (χ1) is 26.5. The zero-order chi connectivity index (χ0) is 39.5. The molecule has 54 heavy (non-hydrogen) atoms. The maximum Gasteiger partial charge on any atom is 0.222 e. The number of aliphatic hydroxyl groups excluding tert-OH is 1. The van der Waals surface area contributed by atoms with Crippen molar-refractivity contribution >= 4 is 24.8 Å². The highest BCUT2D eigenvalue weighted by Crippen LogP contribution is 2.06. The fraction of sp³-hybridized carbons (Fsp3) is 0.886. The highest BCUT2D eigenvalue weighted by Gasteiger charge is 2.27. The predicted molar refractivity (Wildman–Crippen MR) is 194 cm³/mol. The number of nitrogens with two attached hydrogens (primary N) is 1. The van der Waals surface area contributed by atoms with Gasteiger partial charge < -0.3 is 82.6 Å². The standard InChI is InChI=1S/C35H67N3O16/c36-35(30-52-13-3-10-41,31-53-14-4-33(42)37-6-16-46-20-24-50-28-26-48-22-18-44-11-1-8-39)32-54-15-5-34(43)38-7-17-47-21-25-51-29-27-49-23-19-45-12-2-9-40/h8-10,33,37,42H,1-7,11-32,36H2,(H,38,43). The van der Waals surface area contributed by atoms with Crippen LogP contribution in [0, 0.1) is 0 Å². The topological polar surface area (TPSA) is 240 Å². The van der Waals surface area contributed by atoms with E-state index >= 15 is 0 Å². The Morgan fingerprint density at radius 3 is 1.30 bits per heavy atom. The van der Waals surface area contributed by atoms with Gasteiger partial charge in [-0.05, 0) is 0 Å². The fourth-order valence-electron chi connectivity index (χ4n) is 3.98. The maximum absolute atomic E-state index is 12.2. The Morgan fingerprint density at radius 1 is 0.500 bits per heavy atom. The molecule has 0 fully saturated rings. The summed E-state index contributed by atoms with van der Waals surface area (Å²) in [6.45, 7) is 8.15. The number of hydrogen-bond acceptors (Lipinski definition) is 18. The number of aliphatic hydroxyl groups is 1. The minimum atomic E-state index is -1.03. The summed E-state index contributed by atoms with van der Waals surface area (Å²) in [6, 6.07) is 0. The Labute approximate surface area is 319 Å². The molecule has 0 saturated heterocycles. The van der Waals surface area contributed by atoms with E-state index in [1.165, 1.54) is 0 Å². The van der Waals surface area contributed by atoms with E-state index in [9.17, 15) is 24.3 Å². The molecule has 0 aromatic rings. The van der Waals surface area contributed by atoms with Crippen LogP contribution in [0.15, 0.2) is 0 Å². The highest BCUT2D eigenvalue weighted by molar-refractivity contribution is 5.75. The molecule has 0 spiro atoms. The lowest BCUT2D eigenvalue weighted by atomic mass is 10.1. The molecule has 2 unspecified atom stereocenters. The van der Waals surface area contributed by atoms with Gasteiger partial charge in [-0.3, -0.25) is 10.1 Å². The van der Waals surface area contributed by atoms with Crippen molar-refractivity contribution in [2.45, 2.75) is 43.9 Å². The average molecular weight is 786 g/mol. The van der Waals surface area contributed by atoms with Gasteiger partial charge in [-0.1, -0.05) is 0 Å². The van der Waals surface area contributed by atoms with Crippen molar-refractivity contribution in [3.8, 4) is 0 Å². The number of nitrogens with one attached hydrogen (secondary N) is 2. The molecule has 0 aromatic heterocycles. The molecule has 0 aliphatic rings. The third kappa shape index (κ3) is 39.6. The molecular formula is C35H67N3O16. The minimum absolute atomic E-state index is 0.0535. The van der Waals surface area contributed by atoms with Crippen LogP contribution in [-0.4, -0.2) is 200 Å². The van der Waals surface area contributed by atoms with Crippen LogP contribution in [0.4, 0.5) is 0 Å². The Morgan fingerprint density at radius 2 is 0.852 bits per heavy atom. The lowest BCUT2D eigenvalue weighted by Gasteiger charge is -2.29. The van der Waals surface area contributed by atoms with Gasteiger partial charge in [-0.25, -0.2) is 0 Å². The van der Waals surface area contributed by atoms with Crippen molar-refractivity contribution in [2.75, 3.05) is 158 Å². The zero-order valence-electron chi connectivity index (χ0n) is 32.0. The van der Waals surface area contributed by atoms with Crippen molar-refractivity contribution in [3.05, 3.63) is 0 Å². The Balaban J connectivity index is 3.89. The highest BCUT2D eigenvalue weighted by atomic mass is 16.6. The van der Waals surface area contributed by atoms with Crippen molar-refractivity contribution in [1.82, 2.24) is 10.6 Å². The smallest absolute Gasteiger partial charge is 0.222 e. The molecule has 0 aliphatic heterocycles. The largest absolute Gasteiger partial charge is 0.379 e. The number of amides is 1. The second-order valence-corrected chi connectivity index (χ2v) is 11.6. The van der Waals surface area contributed by atoms with Crippen molar-refractivity contribution in [3.63, 3.8) is 0 Å². The first kappa shape index (κ1) is 51.9. The van der Waals surface area contributed by atoms with Crippen molar-refractivity contribution in [1.29, 1.82) is 0 Å². The fourth-order valence-corrected chi connectivity index (χ4v) is 3.98. The molecule has 0 heterocycles. The molecule has 5 N–H and O–H groups in total. The molecule has 0 saturated carbocycles. The summed E-state index contributed by atoms with van der Waals surface area (Å²) >= 11 is 0.